The number of imidazole rings is 1. The molecule has 1 aliphatic heterocycles. The molecule has 1 aromatic carbocycles. The van der Waals surface area contributed by atoms with Crippen LogP contribution in [0.5, 0.6) is 0 Å². The molecule has 16 heavy (non-hydrogen) atoms. The maximum absolute atomic E-state index is 5.59. The minimum Gasteiger partial charge on any atom is -0.378 e. The van der Waals surface area contributed by atoms with Crippen LogP contribution in [-0.4, -0.2) is 22.7 Å². The van der Waals surface area contributed by atoms with Crippen LogP contribution in [0.15, 0.2) is 18.2 Å². The van der Waals surface area contributed by atoms with Crippen LogP contribution in [-0.2, 0) is 4.74 Å². The van der Waals surface area contributed by atoms with Crippen molar-refractivity contribution in [1.29, 1.82) is 0 Å². The van der Waals surface area contributed by atoms with Crippen LogP contribution in [0.2, 0.25) is 0 Å². The Hall–Kier alpha value is -1.35. The second kappa shape index (κ2) is 3.59. The van der Waals surface area contributed by atoms with Crippen LogP contribution in [0.1, 0.15) is 30.7 Å². The number of aromatic nitrogens is 2. The molecule has 0 saturated carbocycles. The minimum atomic E-state index is 0.279. The van der Waals surface area contributed by atoms with Crippen LogP contribution >= 0.6 is 0 Å². The SMILES string of the molecule is Cc1cccc2[nH]c(C3CCOC3C)nc12. The quantitative estimate of drug-likeness (QED) is 0.796. The van der Waals surface area contributed by atoms with E-state index >= 15 is 0 Å². The van der Waals surface area contributed by atoms with E-state index in [2.05, 4.69) is 37.0 Å². The zero-order chi connectivity index (χ0) is 11.1. The highest BCUT2D eigenvalue weighted by atomic mass is 16.5. The molecule has 2 aromatic rings. The molecule has 0 radical (unpaired) electrons. The molecule has 1 aromatic heterocycles. The smallest absolute Gasteiger partial charge is 0.113 e. The molecule has 0 bridgehead atoms. The van der Waals surface area contributed by atoms with E-state index in [4.69, 9.17) is 9.72 Å². The van der Waals surface area contributed by atoms with Gasteiger partial charge in [0.2, 0.25) is 0 Å². The molecule has 84 valence electrons. The first-order valence-electron chi connectivity index (χ1n) is 5.82. The topological polar surface area (TPSA) is 37.9 Å². The summed E-state index contributed by atoms with van der Waals surface area (Å²) in [7, 11) is 0. The average Bonchev–Trinajstić information content (AvgIpc) is 2.84. The zero-order valence-electron chi connectivity index (χ0n) is 9.66. The average molecular weight is 216 g/mol. The highest BCUT2D eigenvalue weighted by Crippen LogP contribution is 2.30. The number of nitrogens with one attached hydrogen (secondary N) is 1. The van der Waals surface area contributed by atoms with Crippen molar-refractivity contribution in [3.8, 4) is 0 Å². The molecule has 2 heterocycles. The number of hydrogen-bond donors (Lipinski definition) is 1. The third-order valence-electron chi connectivity index (χ3n) is 3.46. The Labute approximate surface area is 94.8 Å². The second-order valence-electron chi connectivity index (χ2n) is 4.56. The molecule has 0 aliphatic carbocycles. The molecule has 2 unspecified atom stereocenters. The summed E-state index contributed by atoms with van der Waals surface area (Å²) in [6.45, 7) is 5.07. The lowest BCUT2D eigenvalue weighted by atomic mass is 10.0. The number of aryl methyl sites for hydroxylation is 1. The molecule has 3 rings (SSSR count). The van der Waals surface area contributed by atoms with Gasteiger partial charge < -0.3 is 9.72 Å². The maximum Gasteiger partial charge on any atom is 0.113 e. The van der Waals surface area contributed by atoms with E-state index in [0.29, 0.717) is 5.92 Å². The predicted octanol–water partition coefficient (Wildman–Crippen LogP) is 2.76. The van der Waals surface area contributed by atoms with Gasteiger partial charge in [-0.15, -0.1) is 0 Å². The Kier molecular flexibility index (Phi) is 2.21. The second-order valence-corrected chi connectivity index (χ2v) is 4.56. The van der Waals surface area contributed by atoms with Gasteiger partial charge in [0.1, 0.15) is 5.82 Å². The van der Waals surface area contributed by atoms with E-state index in [1.54, 1.807) is 0 Å². The Morgan fingerprint density at radius 3 is 3.00 bits per heavy atom. The van der Waals surface area contributed by atoms with Crippen molar-refractivity contribution in [2.45, 2.75) is 32.3 Å². The number of hydrogen-bond acceptors (Lipinski definition) is 2. The molecule has 1 aliphatic rings. The van der Waals surface area contributed by atoms with Crippen LogP contribution < -0.4 is 0 Å². The van der Waals surface area contributed by atoms with Crippen LogP contribution in [0.4, 0.5) is 0 Å². The van der Waals surface area contributed by atoms with Crippen LogP contribution in [0.3, 0.4) is 0 Å². The summed E-state index contributed by atoms with van der Waals surface area (Å²) in [5.41, 5.74) is 3.46. The van der Waals surface area contributed by atoms with Gasteiger partial charge in [-0.2, -0.15) is 0 Å². The summed E-state index contributed by atoms with van der Waals surface area (Å²) >= 11 is 0. The first-order valence-corrected chi connectivity index (χ1v) is 5.82. The van der Waals surface area contributed by atoms with Crippen LogP contribution in [0.25, 0.3) is 11.0 Å². The lowest BCUT2D eigenvalue weighted by Crippen LogP contribution is -2.10. The Morgan fingerprint density at radius 1 is 1.44 bits per heavy atom. The molecule has 3 nitrogen and oxygen atoms in total. The fourth-order valence-corrected chi connectivity index (χ4v) is 2.46. The van der Waals surface area contributed by atoms with Crippen LogP contribution in [0, 0.1) is 6.92 Å². The first-order chi connectivity index (χ1) is 7.75. The standard InChI is InChI=1S/C13H16N2O/c1-8-4-3-5-11-12(8)15-13(14-11)10-6-7-16-9(10)2/h3-5,9-10H,6-7H2,1-2H3,(H,14,15). The molecule has 1 N–H and O–H groups in total. The largest absolute Gasteiger partial charge is 0.378 e. The number of para-hydroxylation sites is 1. The molecule has 0 amide bonds. The van der Waals surface area contributed by atoms with Gasteiger partial charge in [0.05, 0.1) is 17.1 Å². The van der Waals surface area contributed by atoms with E-state index in [1.165, 1.54) is 5.56 Å². The summed E-state index contributed by atoms with van der Waals surface area (Å²) in [5.74, 6) is 1.50. The fourth-order valence-electron chi connectivity index (χ4n) is 2.46. The third-order valence-corrected chi connectivity index (χ3v) is 3.46. The monoisotopic (exact) mass is 216 g/mol. The Bertz CT molecular complexity index is 518. The normalized spacial score (nSPS) is 25.4. The van der Waals surface area contributed by atoms with E-state index < -0.39 is 0 Å². The Morgan fingerprint density at radius 2 is 2.31 bits per heavy atom. The van der Waals surface area contributed by atoms with Crippen molar-refractivity contribution in [3.05, 3.63) is 29.6 Å². The number of H-pyrrole nitrogens is 1. The number of fused-ring (bicyclic) bond motifs is 1. The number of aromatic amines is 1. The number of nitrogens with zero attached hydrogens (tertiary/aromatic N) is 1. The fraction of sp³-hybridized carbons (Fsp3) is 0.462. The summed E-state index contributed by atoms with van der Waals surface area (Å²) < 4.78 is 5.59. The summed E-state index contributed by atoms with van der Waals surface area (Å²) in [4.78, 5) is 8.13. The van der Waals surface area contributed by atoms with Gasteiger partial charge in [-0.25, -0.2) is 4.98 Å². The van der Waals surface area contributed by atoms with Gasteiger partial charge in [-0.3, -0.25) is 0 Å². The molecule has 0 spiro atoms. The van der Waals surface area contributed by atoms with Crippen molar-refractivity contribution in [2.24, 2.45) is 0 Å². The molecule has 1 fully saturated rings. The van der Waals surface area contributed by atoms with Gasteiger partial charge in [0.25, 0.3) is 0 Å². The molecule has 2 atom stereocenters. The van der Waals surface area contributed by atoms with E-state index in [1.807, 2.05) is 0 Å². The van der Waals surface area contributed by atoms with Gasteiger partial charge in [-0.1, -0.05) is 12.1 Å². The van der Waals surface area contributed by atoms with E-state index in [-0.39, 0.29) is 6.10 Å². The molecule has 3 heteroatoms. The van der Waals surface area contributed by atoms with E-state index in [0.717, 1.165) is 29.9 Å². The summed E-state index contributed by atoms with van der Waals surface area (Å²) in [6, 6.07) is 6.25. The van der Waals surface area contributed by atoms with Crippen molar-refractivity contribution in [3.63, 3.8) is 0 Å². The maximum atomic E-state index is 5.59. The summed E-state index contributed by atoms with van der Waals surface area (Å²) in [5, 5.41) is 0. The number of benzene rings is 1. The summed E-state index contributed by atoms with van der Waals surface area (Å²) in [6.07, 6.45) is 1.35. The van der Waals surface area contributed by atoms with Crippen molar-refractivity contribution in [1.82, 2.24) is 9.97 Å². The Balaban J connectivity index is 2.08. The van der Waals surface area contributed by atoms with Crippen molar-refractivity contribution < 1.29 is 4.74 Å². The van der Waals surface area contributed by atoms with Crippen molar-refractivity contribution >= 4 is 11.0 Å². The van der Waals surface area contributed by atoms with Gasteiger partial charge in [-0.05, 0) is 31.9 Å². The predicted molar refractivity (Wildman–Crippen MR) is 63.6 cm³/mol. The highest BCUT2D eigenvalue weighted by molar-refractivity contribution is 5.78. The molecule has 1 saturated heterocycles. The minimum absolute atomic E-state index is 0.279. The van der Waals surface area contributed by atoms with Gasteiger partial charge in [0.15, 0.2) is 0 Å². The molecular weight excluding hydrogens is 200 g/mol. The van der Waals surface area contributed by atoms with Gasteiger partial charge >= 0.3 is 0 Å². The first kappa shape index (κ1) is 9.85. The number of rotatable bonds is 1. The lowest BCUT2D eigenvalue weighted by Gasteiger charge is -2.10. The van der Waals surface area contributed by atoms with Crippen molar-refractivity contribution in [2.75, 3.05) is 6.61 Å². The zero-order valence-corrected chi connectivity index (χ0v) is 9.66. The third kappa shape index (κ3) is 1.43. The van der Waals surface area contributed by atoms with Gasteiger partial charge in [0, 0.05) is 12.5 Å². The highest BCUT2D eigenvalue weighted by Gasteiger charge is 2.28. The lowest BCUT2D eigenvalue weighted by molar-refractivity contribution is 0.117. The van der Waals surface area contributed by atoms with E-state index in [9.17, 15) is 0 Å². The molecular formula is C13H16N2O. The number of ether oxygens (including phenoxy) is 1.